The van der Waals surface area contributed by atoms with Crippen LogP contribution >= 0.6 is 35.1 Å². The summed E-state index contributed by atoms with van der Waals surface area (Å²) in [6, 6.07) is 15.5. The first-order valence-electron chi connectivity index (χ1n) is 6.43. The third kappa shape index (κ3) is 5.65. The number of thioether (sulfide) groups is 2. The molecule has 0 aliphatic rings. The van der Waals surface area contributed by atoms with Gasteiger partial charge in [0, 0.05) is 21.4 Å². The number of hydrogen-bond acceptors (Lipinski definition) is 3. The second-order valence-electron chi connectivity index (χ2n) is 4.40. The standard InChI is InChI=1S/C16H16ClNOS2/c1-20-15-4-2-3-14(9-15)18-16(19)11-21-10-12-5-7-13(17)8-6-12/h2-9H,10-11H2,1H3,(H,18,19). The molecule has 0 aliphatic carbocycles. The van der Waals surface area contributed by atoms with E-state index in [4.69, 9.17) is 11.6 Å². The number of carbonyl (C=O) groups is 1. The van der Waals surface area contributed by atoms with Crippen LogP contribution in [-0.4, -0.2) is 17.9 Å². The number of benzene rings is 2. The van der Waals surface area contributed by atoms with Crippen molar-refractivity contribution in [1.29, 1.82) is 0 Å². The molecule has 2 rings (SSSR count). The monoisotopic (exact) mass is 337 g/mol. The number of halogens is 1. The van der Waals surface area contributed by atoms with Gasteiger partial charge in [0.05, 0.1) is 5.75 Å². The summed E-state index contributed by atoms with van der Waals surface area (Å²) in [6.07, 6.45) is 2.02. The first kappa shape index (κ1) is 16.3. The Morgan fingerprint density at radius 3 is 2.67 bits per heavy atom. The molecule has 1 N–H and O–H groups in total. The van der Waals surface area contributed by atoms with Gasteiger partial charge < -0.3 is 5.32 Å². The van der Waals surface area contributed by atoms with E-state index in [0.29, 0.717) is 5.75 Å². The number of anilines is 1. The lowest BCUT2D eigenvalue weighted by atomic mass is 10.2. The van der Waals surface area contributed by atoms with Gasteiger partial charge >= 0.3 is 0 Å². The average Bonchev–Trinajstić information content (AvgIpc) is 2.49. The third-order valence-electron chi connectivity index (χ3n) is 2.77. The summed E-state index contributed by atoms with van der Waals surface area (Å²) in [4.78, 5) is 13.0. The minimum absolute atomic E-state index is 0.0206. The van der Waals surface area contributed by atoms with Crippen LogP contribution in [0.15, 0.2) is 53.4 Å². The highest BCUT2D eigenvalue weighted by Gasteiger charge is 2.04. The van der Waals surface area contributed by atoms with Crippen LogP contribution in [0.25, 0.3) is 0 Å². The van der Waals surface area contributed by atoms with E-state index in [9.17, 15) is 4.79 Å². The molecule has 1 amide bonds. The zero-order valence-corrected chi connectivity index (χ0v) is 14.0. The maximum atomic E-state index is 11.9. The minimum Gasteiger partial charge on any atom is -0.325 e. The molecule has 0 aromatic heterocycles. The quantitative estimate of drug-likeness (QED) is 0.757. The second kappa shape index (κ2) is 8.37. The largest absolute Gasteiger partial charge is 0.325 e. The van der Waals surface area contributed by atoms with E-state index in [1.54, 1.807) is 23.5 Å². The Morgan fingerprint density at radius 1 is 1.19 bits per heavy atom. The van der Waals surface area contributed by atoms with Crippen molar-refractivity contribution in [3.63, 3.8) is 0 Å². The van der Waals surface area contributed by atoms with Gasteiger partial charge in [-0.1, -0.05) is 29.8 Å². The Hall–Kier alpha value is -1.10. The fourth-order valence-electron chi connectivity index (χ4n) is 1.74. The fourth-order valence-corrected chi connectivity index (χ4v) is 3.11. The molecule has 0 saturated carbocycles. The van der Waals surface area contributed by atoms with Crippen LogP contribution in [0.3, 0.4) is 0 Å². The van der Waals surface area contributed by atoms with E-state index in [1.807, 2.05) is 54.8 Å². The molecule has 0 fully saturated rings. The Labute approximate surface area is 138 Å². The molecule has 21 heavy (non-hydrogen) atoms. The van der Waals surface area contributed by atoms with Crippen molar-refractivity contribution in [2.24, 2.45) is 0 Å². The summed E-state index contributed by atoms with van der Waals surface area (Å²) in [5.41, 5.74) is 2.01. The molecule has 0 aliphatic heterocycles. The number of nitrogens with one attached hydrogen (secondary N) is 1. The molecule has 0 saturated heterocycles. The van der Waals surface area contributed by atoms with Crippen LogP contribution in [0.5, 0.6) is 0 Å². The summed E-state index contributed by atoms with van der Waals surface area (Å²) < 4.78 is 0. The van der Waals surface area contributed by atoms with Gasteiger partial charge in [0.2, 0.25) is 5.91 Å². The SMILES string of the molecule is CSc1cccc(NC(=O)CSCc2ccc(Cl)cc2)c1. The molecule has 0 spiro atoms. The maximum absolute atomic E-state index is 11.9. The molecule has 0 atom stereocenters. The lowest BCUT2D eigenvalue weighted by molar-refractivity contribution is -0.113. The van der Waals surface area contributed by atoms with Crippen molar-refractivity contribution < 1.29 is 4.79 Å². The Bertz CT molecular complexity index is 601. The first-order valence-corrected chi connectivity index (χ1v) is 9.19. The van der Waals surface area contributed by atoms with Gasteiger partial charge in [-0.15, -0.1) is 23.5 Å². The summed E-state index contributed by atoms with van der Waals surface area (Å²) in [6.45, 7) is 0. The van der Waals surface area contributed by atoms with E-state index < -0.39 is 0 Å². The normalized spacial score (nSPS) is 10.4. The van der Waals surface area contributed by atoms with Crippen LogP contribution < -0.4 is 5.32 Å². The molecule has 110 valence electrons. The van der Waals surface area contributed by atoms with Crippen molar-refractivity contribution >= 4 is 46.7 Å². The van der Waals surface area contributed by atoms with Gasteiger partial charge in [0.15, 0.2) is 0 Å². The Kier molecular flexibility index (Phi) is 6.49. The predicted octanol–water partition coefficient (Wildman–Crippen LogP) is 4.93. The molecule has 0 unspecified atom stereocenters. The van der Waals surface area contributed by atoms with Crippen LogP contribution in [0, 0.1) is 0 Å². The van der Waals surface area contributed by atoms with Crippen molar-refractivity contribution in [2.45, 2.75) is 10.6 Å². The third-order valence-corrected chi connectivity index (χ3v) is 4.75. The average molecular weight is 338 g/mol. The van der Waals surface area contributed by atoms with E-state index in [2.05, 4.69) is 5.32 Å². The van der Waals surface area contributed by atoms with Gasteiger partial charge in [0.1, 0.15) is 0 Å². The van der Waals surface area contributed by atoms with E-state index in [0.717, 1.165) is 21.4 Å². The van der Waals surface area contributed by atoms with Gasteiger partial charge in [-0.25, -0.2) is 0 Å². The number of hydrogen-bond donors (Lipinski definition) is 1. The zero-order valence-electron chi connectivity index (χ0n) is 11.6. The lowest BCUT2D eigenvalue weighted by Crippen LogP contribution is -2.14. The van der Waals surface area contributed by atoms with Gasteiger partial charge in [-0.3, -0.25) is 4.79 Å². The molecular weight excluding hydrogens is 322 g/mol. The number of rotatable bonds is 6. The summed E-state index contributed by atoms with van der Waals surface area (Å²) in [5, 5.41) is 3.65. The zero-order chi connectivity index (χ0) is 15.1. The minimum atomic E-state index is 0.0206. The fraction of sp³-hybridized carbons (Fsp3) is 0.188. The van der Waals surface area contributed by atoms with Crippen LogP contribution in [0.1, 0.15) is 5.56 Å². The first-order chi connectivity index (χ1) is 10.2. The topological polar surface area (TPSA) is 29.1 Å². The van der Waals surface area contributed by atoms with Gasteiger partial charge in [-0.05, 0) is 42.2 Å². The summed E-state index contributed by atoms with van der Waals surface area (Å²) >= 11 is 9.09. The maximum Gasteiger partial charge on any atom is 0.234 e. The van der Waals surface area contributed by atoms with Gasteiger partial charge in [-0.2, -0.15) is 0 Å². The molecule has 2 aromatic carbocycles. The van der Waals surface area contributed by atoms with E-state index >= 15 is 0 Å². The highest BCUT2D eigenvalue weighted by molar-refractivity contribution is 7.99. The molecule has 0 bridgehead atoms. The molecule has 5 heteroatoms. The Balaban J connectivity index is 1.78. The van der Waals surface area contributed by atoms with Crippen molar-refractivity contribution in [2.75, 3.05) is 17.3 Å². The van der Waals surface area contributed by atoms with Crippen LogP contribution in [0.2, 0.25) is 5.02 Å². The second-order valence-corrected chi connectivity index (χ2v) is 6.70. The Morgan fingerprint density at radius 2 is 1.95 bits per heavy atom. The molecule has 0 heterocycles. The molecule has 0 radical (unpaired) electrons. The molecule has 2 nitrogen and oxygen atoms in total. The number of carbonyl (C=O) groups excluding carboxylic acids is 1. The van der Waals surface area contributed by atoms with E-state index in [-0.39, 0.29) is 5.91 Å². The van der Waals surface area contributed by atoms with Gasteiger partial charge in [0.25, 0.3) is 0 Å². The highest BCUT2D eigenvalue weighted by atomic mass is 35.5. The molecular formula is C16H16ClNOS2. The smallest absolute Gasteiger partial charge is 0.234 e. The van der Waals surface area contributed by atoms with Crippen molar-refractivity contribution in [3.05, 3.63) is 59.1 Å². The summed E-state index contributed by atoms with van der Waals surface area (Å²) in [5.74, 6) is 1.26. The van der Waals surface area contributed by atoms with Crippen LogP contribution in [-0.2, 0) is 10.5 Å². The number of amides is 1. The van der Waals surface area contributed by atoms with E-state index in [1.165, 1.54) is 5.56 Å². The lowest BCUT2D eigenvalue weighted by Gasteiger charge is -2.06. The highest BCUT2D eigenvalue weighted by Crippen LogP contribution is 2.20. The molecule has 2 aromatic rings. The summed E-state index contributed by atoms with van der Waals surface area (Å²) in [7, 11) is 0. The van der Waals surface area contributed by atoms with Crippen LogP contribution in [0.4, 0.5) is 5.69 Å². The van der Waals surface area contributed by atoms with Crippen molar-refractivity contribution in [3.8, 4) is 0 Å². The van der Waals surface area contributed by atoms with Crippen molar-refractivity contribution in [1.82, 2.24) is 0 Å². The predicted molar refractivity (Wildman–Crippen MR) is 94.5 cm³/mol.